The normalized spacial score (nSPS) is 17.3. The minimum atomic E-state index is -0.294. The predicted octanol–water partition coefficient (Wildman–Crippen LogP) is 5.41. The van der Waals surface area contributed by atoms with Gasteiger partial charge < -0.3 is 0 Å². The van der Waals surface area contributed by atoms with Crippen molar-refractivity contribution >= 4 is 23.7 Å². The second-order valence-corrected chi connectivity index (χ2v) is 8.19. The molecule has 0 aromatic heterocycles. The van der Waals surface area contributed by atoms with Crippen LogP contribution in [0.15, 0.2) is 77.9 Å². The van der Waals surface area contributed by atoms with Crippen molar-refractivity contribution < 1.29 is 4.79 Å². The number of carbonyl (C=O) groups is 1. The lowest BCUT2D eigenvalue weighted by Gasteiger charge is -2.19. The summed E-state index contributed by atoms with van der Waals surface area (Å²) >= 11 is 5.90. The number of nitrogens with zero attached hydrogens (tertiary/aromatic N) is 1. The molecule has 1 atom stereocenters. The van der Waals surface area contributed by atoms with E-state index in [2.05, 4.69) is 72.9 Å². The van der Waals surface area contributed by atoms with Crippen LogP contribution in [0.4, 0.5) is 0 Å². The highest BCUT2D eigenvalue weighted by Gasteiger charge is 2.60. The van der Waals surface area contributed by atoms with Crippen molar-refractivity contribution in [2.75, 3.05) is 0 Å². The Kier molecular flexibility index (Phi) is 5.25. The average molecular weight is 403 g/mol. The van der Waals surface area contributed by atoms with Crippen molar-refractivity contribution in [2.45, 2.75) is 25.7 Å². The molecule has 0 aliphatic heterocycles. The van der Waals surface area contributed by atoms with Crippen LogP contribution < -0.4 is 5.43 Å². The summed E-state index contributed by atoms with van der Waals surface area (Å²) in [6, 6.07) is 24.2. The Balaban J connectivity index is 1.58. The van der Waals surface area contributed by atoms with Crippen LogP contribution in [-0.2, 0) is 10.2 Å². The highest BCUT2D eigenvalue weighted by molar-refractivity contribution is 6.30. The van der Waals surface area contributed by atoms with E-state index in [1.165, 1.54) is 22.3 Å². The number of rotatable bonds is 5. The Morgan fingerprint density at radius 2 is 1.59 bits per heavy atom. The monoisotopic (exact) mass is 402 g/mol. The molecule has 0 saturated heterocycles. The Hall–Kier alpha value is -2.91. The summed E-state index contributed by atoms with van der Waals surface area (Å²) in [5, 5.41) is 4.82. The molecule has 1 aliphatic carbocycles. The number of halogens is 1. The SMILES string of the molecule is Cc1cccc(C2(c3cccc(C)c3)C[C@H]2C(=O)N/N=C\c2ccc(Cl)cc2)c1. The molecule has 146 valence electrons. The number of hydrazone groups is 1. The summed E-state index contributed by atoms with van der Waals surface area (Å²) in [5.41, 5.74) is 8.08. The molecule has 1 aliphatic rings. The van der Waals surface area contributed by atoms with Gasteiger partial charge >= 0.3 is 0 Å². The molecule has 0 unspecified atom stereocenters. The molecule has 3 aromatic rings. The van der Waals surface area contributed by atoms with Crippen LogP contribution >= 0.6 is 11.6 Å². The van der Waals surface area contributed by atoms with E-state index in [4.69, 9.17) is 11.6 Å². The molecule has 0 radical (unpaired) electrons. The second kappa shape index (κ2) is 7.84. The summed E-state index contributed by atoms with van der Waals surface area (Å²) < 4.78 is 0. The first-order chi connectivity index (χ1) is 14.0. The van der Waals surface area contributed by atoms with E-state index in [1.807, 2.05) is 12.1 Å². The fourth-order valence-corrected chi connectivity index (χ4v) is 4.15. The number of amides is 1. The Labute approximate surface area is 176 Å². The Morgan fingerprint density at radius 1 is 1.00 bits per heavy atom. The van der Waals surface area contributed by atoms with Gasteiger partial charge in [-0.15, -0.1) is 0 Å². The van der Waals surface area contributed by atoms with Gasteiger partial charge in [0.05, 0.1) is 12.1 Å². The van der Waals surface area contributed by atoms with Crippen molar-refractivity contribution in [3.05, 3.63) is 106 Å². The number of carbonyl (C=O) groups excluding carboxylic acids is 1. The standard InChI is InChI=1S/C25H23ClN2O/c1-17-5-3-7-20(13-17)25(21-8-4-6-18(2)14-21)15-23(25)24(29)28-27-16-19-9-11-22(26)12-10-19/h3-14,16,23H,15H2,1-2H3,(H,28,29)/b27-16-/t23-/m0/s1. The molecule has 29 heavy (non-hydrogen) atoms. The van der Waals surface area contributed by atoms with Gasteiger partial charge in [-0.25, -0.2) is 5.43 Å². The summed E-state index contributed by atoms with van der Waals surface area (Å²) in [4.78, 5) is 12.9. The lowest BCUT2D eigenvalue weighted by atomic mass is 9.84. The Bertz CT molecular complexity index is 1030. The molecule has 0 spiro atoms. The largest absolute Gasteiger partial charge is 0.273 e. The topological polar surface area (TPSA) is 41.5 Å². The first-order valence-corrected chi connectivity index (χ1v) is 10.1. The van der Waals surface area contributed by atoms with Crippen molar-refractivity contribution in [3.8, 4) is 0 Å². The summed E-state index contributed by atoms with van der Waals surface area (Å²) in [6.07, 6.45) is 2.42. The van der Waals surface area contributed by atoms with Crippen molar-refractivity contribution in [1.29, 1.82) is 0 Å². The molecular weight excluding hydrogens is 380 g/mol. The summed E-state index contributed by atoms with van der Waals surface area (Å²) in [6.45, 7) is 4.17. The van der Waals surface area contributed by atoms with Crippen molar-refractivity contribution in [3.63, 3.8) is 0 Å². The molecule has 4 rings (SSSR count). The van der Waals surface area contributed by atoms with Gasteiger partial charge in [0, 0.05) is 10.4 Å². The molecule has 1 N–H and O–H groups in total. The second-order valence-electron chi connectivity index (χ2n) is 7.75. The smallest absolute Gasteiger partial charge is 0.244 e. The highest BCUT2D eigenvalue weighted by Crippen LogP contribution is 2.59. The first-order valence-electron chi connectivity index (χ1n) is 9.72. The first kappa shape index (κ1) is 19.4. The van der Waals surface area contributed by atoms with Gasteiger partial charge in [0.2, 0.25) is 5.91 Å². The zero-order valence-corrected chi connectivity index (χ0v) is 17.3. The van der Waals surface area contributed by atoms with Gasteiger partial charge in [0.25, 0.3) is 0 Å². The van der Waals surface area contributed by atoms with Gasteiger partial charge in [-0.05, 0) is 49.1 Å². The molecule has 1 amide bonds. The van der Waals surface area contributed by atoms with Gasteiger partial charge in [-0.2, -0.15) is 5.10 Å². The molecular formula is C25H23ClN2O. The molecule has 1 fully saturated rings. The van der Waals surface area contributed by atoms with Gasteiger partial charge in [0.1, 0.15) is 0 Å². The van der Waals surface area contributed by atoms with Crippen LogP contribution in [0, 0.1) is 19.8 Å². The molecule has 0 heterocycles. The number of hydrogen-bond acceptors (Lipinski definition) is 2. The van der Waals surface area contributed by atoms with E-state index in [1.54, 1.807) is 18.3 Å². The van der Waals surface area contributed by atoms with Gasteiger partial charge in [-0.3, -0.25) is 4.79 Å². The lowest BCUT2D eigenvalue weighted by molar-refractivity contribution is -0.122. The Morgan fingerprint density at radius 3 is 2.14 bits per heavy atom. The zero-order valence-electron chi connectivity index (χ0n) is 16.5. The van der Waals surface area contributed by atoms with Gasteiger partial charge in [0.15, 0.2) is 0 Å². The van der Waals surface area contributed by atoms with E-state index in [9.17, 15) is 4.79 Å². The molecule has 0 bridgehead atoms. The van der Waals surface area contributed by atoms with Crippen LogP contribution in [0.5, 0.6) is 0 Å². The minimum absolute atomic E-state index is 0.0572. The number of aryl methyl sites for hydroxylation is 2. The van der Waals surface area contributed by atoms with E-state index in [0.717, 1.165) is 12.0 Å². The van der Waals surface area contributed by atoms with Crippen LogP contribution in [0.1, 0.15) is 34.2 Å². The highest BCUT2D eigenvalue weighted by atomic mass is 35.5. The summed E-state index contributed by atoms with van der Waals surface area (Å²) in [5.74, 6) is -0.202. The molecule has 3 aromatic carbocycles. The van der Waals surface area contributed by atoms with Crippen molar-refractivity contribution in [1.82, 2.24) is 5.43 Å². The average Bonchev–Trinajstić information content (AvgIpc) is 3.47. The molecule has 4 heteroatoms. The van der Waals surface area contributed by atoms with E-state index < -0.39 is 0 Å². The van der Waals surface area contributed by atoms with Crippen LogP contribution in [0.3, 0.4) is 0 Å². The van der Waals surface area contributed by atoms with E-state index >= 15 is 0 Å². The number of hydrogen-bond donors (Lipinski definition) is 1. The lowest BCUT2D eigenvalue weighted by Crippen LogP contribution is -2.25. The van der Waals surface area contributed by atoms with Gasteiger partial charge in [-0.1, -0.05) is 83.4 Å². The van der Waals surface area contributed by atoms with Crippen LogP contribution in [-0.4, -0.2) is 12.1 Å². The van der Waals surface area contributed by atoms with E-state index in [-0.39, 0.29) is 17.2 Å². The number of benzene rings is 3. The zero-order chi connectivity index (χ0) is 20.4. The third-order valence-electron chi connectivity index (χ3n) is 5.60. The van der Waals surface area contributed by atoms with Crippen LogP contribution in [0.25, 0.3) is 0 Å². The third kappa shape index (κ3) is 3.96. The minimum Gasteiger partial charge on any atom is -0.273 e. The predicted molar refractivity (Wildman–Crippen MR) is 118 cm³/mol. The number of nitrogens with one attached hydrogen (secondary N) is 1. The van der Waals surface area contributed by atoms with E-state index in [0.29, 0.717) is 5.02 Å². The quantitative estimate of drug-likeness (QED) is 0.449. The van der Waals surface area contributed by atoms with Crippen LogP contribution in [0.2, 0.25) is 5.02 Å². The molecule has 3 nitrogen and oxygen atoms in total. The maximum atomic E-state index is 12.9. The molecule has 1 saturated carbocycles. The fraction of sp³-hybridized carbons (Fsp3) is 0.200. The maximum Gasteiger partial charge on any atom is 0.244 e. The maximum absolute atomic E-state index is 12.9. The summed E-state index contributed by atoms with van der Waals surface area (Å²) in [7, 11) is 0. The third-order valence-corrected chi connectivity index (χ3v) is 5.85. The fourth-order valence-electron chi connectivity index (χ4n) is 4.03. The van der Waals surface area contributed by atoms with Crippen molar-refractivity contribution in [2.24, 2.45) is 11.0 Å².